The summed E-state index contributed by atoms with van der Waals surface area (Å²) in [4.78, 5) is 0. The van der Waals surface area contributed by atoms with Crippen molar-refractivity contribution in [3.63, 3.8) is 0 Å². The third-order valence-corrected chi connectivity index (χ3v) is 3.99. The molecule has 2 rings (SSSR count). The SMILES string of the molecule is CC(C)C(CC1Cc2ccccc21)C(C)O. The van der Waals surface area contributed by atoms with Crippen LogP contribution in [0.25, 0.3) is 0 Å². The highest BCUT2D eigenvalue weighted by atomic mass is 16.3. The van der Waals surface area contributed by atoms with Gasteiger partial charge in [0.2, 0.25) is 0 Å². The van der Waals surface area contributed by atoms with E-state index in [0.29, 0.717) is 17.8 Å². The van der Waals surface area contributed by atoms with Crippen LogP contribution in [0.4, 0.5) is 0 Å². The van der Waals surface area contributed by atoms with E-state index in [4.69, 9.17) is 0 Å². The van der Waals surface area contributed by atoms with Crippen LogP contribution >= 0.6 is 0 Å². The molecule has 1 aromatic rings. The highest BCUT2D eigenvalue weighted by molar-refractivity contribution is 5.39. The molecule has 1 aliphatic rings. The number of rotatable bonds is 4. The van der Waals surface area contributed by atoms with Crippen LogP contribution in [0, 0.1) is 11.8 Å². The van der Waals surface area contributed by atoms with Crippen molar-refractivity contribution in [3.05, 3.63) is 35.4 Å². The second kappa shape index (κ2) is 4.58. The quantitative estimate of drug-likeness (QED) is 0.821. The molecule has 0 fully saturated rings. The van der Waals surface area contributed by atoms with Gasteiger partial charge in [0.25, 0.3) is 0 Å². The number of benzene rings is 1. The third-order valence-electron chi connectivity index (χ3n) is 3.99. The summed E-state index contributed by atoms with van der Waals surface area (Å²) >= 11 is 0. The second-order valence-corrected chi connectivity index (χ2v) is 5.48. The fourth-order valence-corrected chi connectivity index (χ4v) is 2.93. The Morgan fingerprint density at radius 3 is 2.50 bits per heavy atom. The Hall–Kier alpha value is -0.820. The molecule has 0 saturated carbocycles. The monoisotopic (exact) mass is 218 g/mol. The average Bonchev–Trinajstić information content (AvgIpc) is 2.18. The van der Waals surface area contributed by atoms with Gasteiger partial charge in [-0.05, 0) is 48.6 Å². The molecular weight excluding hydrogens is 196 g/mol. The van der Waals surface area contributed by atoms with Crippen molar-refractivity contribution in [1.29, 1.82) is 0 Å². The number of aliphatic hydroxyl groups is 1. The van der Waals surface area contributed by atoms with Crippen molar-refractivity contribution in [1.82, 2.24) is 0 Å². The third kappa shape index (κ3) is 2.15. The molecule has 1 N–H and O–H groups in total. The van der Waals surface area contributed by atoms with Crippen molar-refractivity contribution in [2.24, 2.45) is 11.8 Å². The molecule has 3 atom stereocenters. The van der Waals surface area contributed by atoms with Crippen LogP contribution in [0.3, 0.4) is 0 Å². The molecule has 0 heterocycles. The first-order valence-electron chi connectivity index (χ1n) is 6.35. The number of hydrogen-bond donors (Lipinski definition) is 1. The number of aliphatic hydroxyl groups excluding tert-OH is 1. The highest BCUT2D eigenvalue weighted by Crippen LogP contribution is 2.41. The van der Waals surface area contributed by atoms with Gasteiger partial charge < -0.3 is 5.11 Å². The minimum atomic E-state index is -0.187. The first-order chi connectivity index (χ1) is 7.59. The summed E-state index contributed by atoms with van der Waals surface area (Å²) < 4.78 is 0. The van der Waals surface area contributed by atoms with Crippen molar-refractivity contribution in [2.75, 3.05) is 0 Å². The van der Waals surface area contributed by atoms with Crippen LogP contribution in [0.15, 0.2) is 24.3 Å². The molecule has 88 valence electrons. The Morgan fingerprint density at radius 1 is 1.25 bits per heavy atom. The standard InChI is InChI=1S/C15H22O/c1-10(2)15(11(3)16)9-13-8-12-6-4-5-7-14(12)13/h4-7,10-11,13,15-16H,8-9H2,1-3H3. The van der Waals surface area contributed by atoms with Gasteiger partial charge in [0, 0.05) is 0 Å². The van der Waals surface area contributed by atoms with Gasteiger partial charge in [-0.15, -0.1) is 0 Å². The Balaban J connectivity index is 2.02. The number of fused-ring (bicyclic) bond motifs is 1. The van der Waals surface area contributed by atoms with E-state index in [-0.39, 0.29) is 6.10 Å². The van der Waals surface area contributed by atoms with E-state index in [2.05, 4.69) is 38.1 Å². The maximum absolute atomic E-state index is 9.80. The summed E-state index contributed by atoms with van der Waals surface area (Å²) in [7, 11) is 0. The van der Waals surface area contributed by atoms with Gasteiger partial charge in [-0.1, -0.05) is 38.1 Å². The summed E-state index contributed by atoms with van der Waals surface area (Å²) in [5.41, 5.74) is 3.01. The summed E-state index contributed by atoms with van der Waals surface area (Å²) in [5, 5.41) is 9.80. The van der Waals surface area contributed by atoms with Crippen molar-refractivity contribution < 1.29 is 5.11 Å². The number of hydrogen-bond acceptors (Lipinski definition) is 1. The lowest BCUT2D eigenvalue weighted by Crippen LogP contribution is -2.28. The summed E-state index contributed by atoms with van der Waals surface area (Å²) in [6.07, 6.45) is 2.14. The maximum Gasteiger partial charge on any atom is 0.0542 e. The average molecular weight is 218 g/mol. The minimum absolute atomic E-state index is 0.187. The topological polar surface area (TPSA) is 20.2 Å². The summed E-state index contributed by atoms with van der Waals surface area (Å²) in [6, 6.07) is 8.70. The van der Waals surface area contributed by atoms with E-state index in [1.165, 1.54) is 17.5 Å². The Morgan fingerprint density at radius 2 is 1.94 bits per heavy atom. The molecule has 0 aliphatic heterocycles. The van der Waals surface area contributed by atoms with Crippen LogP contribution in [0.1, 0.15) is 44.2 Å². The predicted octanol–water partition coefficient (Wildman–Crippen LogP) is 3.37. The van der Waals surface area contributed by atoms with Crippen LogP contribution < -0.4 is 0 Å². The Bertz CT molecular complexity index is 346. The zero-order valence-corrected chi connectivity index (χ0v) is 10.5. The van der Waals surface area contributed by atoms with E-state index >= 15 is 0 Å². The van der Waals surface area contributed by atoms with E-state index in [1.54, 1.807) is 0 Å². The van der Waals surface area contributed by atoms with Gasteiger partial charge in [0.05, 0.1) is 6.10 Å². The van der Waals surface area contributed by atoms with E-state index < -0.39 is 0 Å². The molecular formula is C15H22O. The molecule has 0 aromatic heterocycles. The Labute approximate surface area is 98.5 Å². The van der Waals surface area contributed by atoms with Crippen LogP contribution in [-0.2, 0) is 6.42 Å². The highest BCUT2D eigenvalue weighted by Gasteiger charge is 2.30. The van der Waals surface area contributed by atoms with Gasteiger partial charge in [-0.2, -0.15) is 0 Å². The predicted molar refractivity (Wildman–Crippen MR) is 67.5 cm³/mol. The van der Waals surface area contributed by atoms with Crippen LogP contribution in [-0.4, -0.2) is 11.2 Å². The van der Waals surface area contributed by atoms with Crippen molar-refractivity contribution >= 4 is 0 Å². The van der Waals surface area contributed by atoms with Crippen molar-refractivity contribution in [2.45, 2.75) is 45.6 Å². The molecule has 0 saturated heterocycles. The zero-order valence-electron chi connectivity index (χ0n) is 10.5. The van der Waals surface area contributed by atoms with Crippen molar-refractivity contribution in [3.8, 4) is 0 Å². The Kier molecular flexibility index (Phi) is 3.34. The summed E-state index contributed by atoms with van der Waals surface area (Å²) in [5.74, 6) is 1.67. The van der Waals surface area contributed by atoms with E-state index in [9.17, 15) is 5.11 Å². The smallest absolute Gasteiger partial charge is 0.0542 e. The first kappa shape index (κ1) is 11.7. The minimum Gasteiger partial charge on any atom is -0.393 e. The largest absolute Gasteiger partial charge is 0.393 e. The maximum atomic E-state index is 9.80. The van der Waals surface area contributed by atoms with Gasteiger partial charge in [0.15, 0.2) is 0 Å². The van der Waals surface area contributed by atoms with Gasteiger partial charge in [0.1, 0.15) is 0 Å². The lowest BCUT2D eigenvalue weighted by Gasteiger charge is -2.35. The lowest BCUT2D eigenvalue weighted by molar-refractivity contribution is 0.0851. The fraction of sp³-hybridized carbons (Fsp3) is 0.600. The molecule has 0 bridgehead atoms. The molecule has 1 nitrogen and oxygen atoms in total. The fourth-order valence-electron chi connectivity index (χ4n) is 2.93. The molecule has 0 radical (unpaired) electrons. The van der Waals surface area contributed by atoms with Gasteiger partial charge in [-0.25, -0.2) is 0 Å². The zero-order chi connectivity index (χ0) is 11.7. The van der Waals surface area contributed by atoms with E-state index in [0.717, 1.165) is 6.42 Å². The second-order valence-electron chi connectivity index (χ2n) is 5.48. The molecule has 16 heavy (non-hydrogen) atoms. The molecule has 1 aliphatic carbocycles. The van der Waals surface area contributed by atoms with Gasteiger partial charge in [-0.3, -0.25) is 0 Å². The van der Waals surface area contributed by atoms with E-state index in [1.807, 2.05) is 6.92 Å². The first-order valence-corrected chi connectivity index (χ1v) is 6.35. The molecule has 1 aromatic carbocycles. The van der Waals surface area contributed by atoms with Crippen LogP contribution in [0.2, 0.25) is 0 Å². The lowest BCUT2D eigenvalue weighted by atomic mass is 9.70. The van der Waals surface area contributed by atoms with Crippen LogP contribution in [0.5, 0.6) is 0 Å². The molecule has 3 unspecified atom stereocenters. The normalized spacial score (nSPS) is 22.4. The molecule has 0 spiro atoms. The summed E-state index contributed by atoms with van der Waals surface area (Å²) in [6.45, 7) is 6.35. The molecule has 1 heteroatoms. The molecule has 0 amide bonds. The van der Waals surface area contributed by atoms with Gasteiger partial charge >= 0.3 is 0 Å².